The van der Waals surface area contributed by atoms with E-state index in [-0.39, 0.29) is 48.9 Å². The summed E-state index contributed by atoms with van der Waals surface area (Å²) in [5.41, 5.74) is 0. The van der Waals surface area contributed by atoms with Gasteiger partial charge in [0.2, 0.25) is 0 Å². The molecule has 0 aromatic rings. The second-order valence-corrected chi connectivity index (χ2v) is 2.65. The molecule has 0 aromatic carbocycles. The van der Waals surface area contributed by atoms with E-state index in [2.05, 4.69) is 0 Å². The third-order valence-electron chi connectivity index (χ3n) is 0. The summed E-state index contributed by atoms with van der Waals surface area (Å²) in [5, 5.41) is 0. The molecule has 0 saturated carbocycles. The molecule has 0 bridgehead atoms. The Kier molecular flexibility index (Phi) is 24.6. The van der Waals surface area contributed by atoms with E-state index in [1.54, 1.807) is 0 Å². The first-order chi connectivity index (χ1) is 3.46. The van der Waals surface area contributed by atoms with Crippen LogP contribution in [0.15, 0.2) is 0 Å². The van der Waals surface area contributed by atoms with E-state index in [0.29, 0.717) is 0 Å². The van der Waals surface area contributed by atoms with Crippen molar-refractivity contribution in [2.24, 2.45) is 0 Å². The molecule has 0 radical (unpaired) electrons. The second-order valence-electron chi connectivity index (χ2n) is 0.447. The molecule has 0 rings (SSSR count). The second kappa shape index (κ2) is 12.8. The molecule has 6 nitrogen and oxygen atoms in total. The monoisotopic (exact) mass is 420 g/mol. The zero-order valence-electron chi connectivity index (χ0n) is 4.05. The molecule has 0 aromatic heterocycles. The third-order valence-corrected chi connectivity index (χ3v) is 0. The Hall–Kier alpha value is 2.17. The van der Waals surface area contributed by atoms with Crippen LogP contribution >= 0.6 is 0 Å². The Balaban J connectivity index is -0.0000000720. The predicted molar refractivity (Wildman–Crippen MR) is 8.50 cm³/mol. The summed E-state index contributed by atoms with van der Waals surface area (Å²) in [7, 11) is 0. The van der Waals surface area contributed by atoms with E-state index >= 15 is 0 Å². The number of hydrogen-bond donors (Lipinski definition) is 0. The van der Waals surface area contributed by atoms with E-state index in [9.17, 15) is 0 Å². The van der Waals surface area contributed by atoms with Crippen LogP contribution in [0.2, 0.25) is 0 Å². The van der Waals surface area contributed by atoms with E-state index < -0.39 is 37.6 Å². The van der Waals surface area contributed by atoms with Crippen LogP contribution in [0.5, 0.6) is 0 Å². The molecular weight excluding hydrogens is 419 g/mol. The molecule has 0 atom stereocenters. The molecule has 0 aliphatic carbocycles. The van der Waals surface area contributed by atoms with Crippen LogP contribution in [0.3, 0.4) is 0 Å². The van der Waals surface area contributed by atoms with Gasteiger partial charge in [-0.1, -0.05) is 0 Å². The van der Waals surface area contributed by atoms with Crippen molar-refractivity contribution in [2.45, 2.75) is 0 Å². The first kappa shape index (κ1) is 17.3. The summed E-state index contributed by atoms with van der Waals surface area (Å²) in [5.74, 6) is 0. The van der Waals surface area contributed by atoms with Gasteiger partial charge in [-0.05, 0) is 0 Å². The number of rotatable bonds is 0. The van der Waals surface area contributed by atoms with Crippen LogP contribution in [0.4, 0.5) is 0 Å². The van der Waals surface area contributed by atoms with Crippen LogP contribution in [-0.2, 0) is 50.6 Å². The molecule has 0 N–H and O–H groups in total. The Labute approximate surface area is 104 Å². The SMILES string of the molecule is [Ba+2].[O]=[Nb](=[O])[O-].[O]=[Nb](=[O])[O-]. The summed E-state index contributed by atoms with van der Waals surface area (Å²) in [6.07, 6.45) is 0. The molecule has 9 heteroatoms. The molecule has 0 fully saturated rings. The maximum absolute atomic E-state index is 8.60. The molecule has 0 heterocycles. The van der Waals surface area contributed by atoms with Crippen molar-refractivity contribution in [3.8, 4) is 0 Å². The van der Waals surface area contributed by atoms with Crippen molar-refractivity contribution >= 4 is 48.9 Å². The van der Waals surface area contributed by atoms with Crippen molar-refractivity contribution < 1.29 is 57.8 Å². The van der Waals surface area contributed by atoms with E-state index in [4.69, 9.17) is 20.2 Å². The van der Waals surface area contributed by atoms with Crippen molar-refractivity contribution in [2.75, 3.05) is 0 Å². The molecule has 0 amide bonds. The first-order valence-corrected chi connectivity index (χ1v) is 6.48. The van der Waals surface area contributed by atoms with Gasteiger partial charge in [-0.2, -0.15) is 0 Å². The van der Waals surface area contributed by atoms with Gasteiger partial charge in [0, 0.05) is 0 Å². The normalized spacial score (nSPS) is 5.56. The average molecular weight is 419 g/mol. The summed E-state index contributed by atoms with van der Waals surface area (Å²) >= 11 is -8.40. The Morgan fingerprint density at radius 3 is 0.778 bits per heavy atom. The zero-order chi connectivity index (χ0) is 7.15. The van der Waals surface area contributed by atoms with Crippen molar-refractivity contribution in [1.29, 1.82) is 0 Å². The fourth-order valence-electron chi connectivity index (χ4n) is 0. The van der Waals surface area contributed by atoms with Gasteiger partial charge in [0.15, 0.2) is 0 Å². The minimum atomic E-state index is -4.20. The topological polar surface area (TPSA) is 114 Å². The molecule has 0 saturated heterocycles. The average Bonchev–Trinajstić information content (AvgIpc) is 1.25. The molecule has 0 aliphatic heterocycles. The van der Waals surface area contributed by atoms with E-state index in [0.717, 1.165) is 0 Å². The van der Waals surface area contributed by atoms with Gasteiger partial charge in [0.1, 0.15) is 0 Å². The zero-order valence-corrected chi connectivity index (χ0v) is 12.9. The summed E-state index contributed by atoms with van der Waals surface area (Å²) < 4.78 is 51.6. The molecule has 0 spiro atoms. The standard InChI is InChI=1S/Ba.2Nb.6O/q+2;;;;;;;2*-1. The van der Waals surface area contributed by atoms with Gasteiger partial charge >= 0.3 is 107 Å². The quantitative estimate of drug-likeness (QED) is 0.382. The van der Waals surface area contributed by atoms with Gasteiger partial charge in [-0.15, -0.1) is 0 Å². The van der Waals surface area contributed by atoms with Crippen LogP contribution in [0.25, 0.3) is 0 Å². The third kappa shape index (κ3) is 144. The first-order valence-electron chi connectivity index (χ1n) is 1.10. The van der Waals surface area contributed by atoms with Crippen LogP contribution in [-0.4, -0.2) is 48.9 Å². The van der Waals surface area contributed by atoms with Gasteiger partial charge in [-0.25, -0.2) is 0 Å². The molecule has 48 valence electrons. The molecule has 0 unspecified atom stereocenters. The van der Waals surface area contributed by atoms with E-state index in [1.807, 2.05) is 0 Å². The van der Waals surface area contributed by atoms with Gasteiger partial charge in [0.25, 0.3) is 0 Å². The minimum absolute atomic E-state index is 0. The Morgan fingerprint density at radius 2 is 0.778 bits per heavy atom. The van der Waals surface area contributed by atoms with Crippen LogP contribution in [0.1, 0.15) is 0 Å². The van der Waals surface area contributed by atoms with Gasteiger partial charge < -0.3 is 0 Å². The summed E-state index contributed by atoms with van der Waals surface area (Å²) in [4.78, 5) is 0. The van der Waals surface area contributed by atoms with Crippen molar-refractivity contribution in [3.05, 3.63) is 0 Å². The van der Waals surface area contributed by atoms with Crippen molar-refractivity contribution in [1.82, 2.24) is 0 Å². The molecular formula is BaNb2O6. The fraction of sp³-hybridized carbons (Fsp3) is 0. The number of hydrogen-bond acceptors (Lipinski definition) is 6. The maximum atomic E-state index is 8.60. The molecule has 9 heavy (non-hydrogen) atoms. The van der Waals surface area contributed by atoms with E-state index in [1.165, 1.54) is 0 Å². The van der Waals surface area contributed by atoms with Crippen LogP contribution < -0.4 is 7.23 Å². The van der Waals surface area contributed by atoms with Gasteiger partial charge in [0.05, 0.1) is 0 Å². The fourth-order valence-corrected chi connectivity index (χ4v) is 0. The Bertz CT molecular complexity index is 128. The predicted octanol–water partition coefficient (Wildman–Crippen LogP) is -3.24. The Morgan fingerprint density at radius 1 is 0.778 bits per heavy atom. The summed E-state index contributed by atoms with van der Waals surface area (Å²) in [6.45, 7) is 0. The summed E-state index contributed by atoms with van der Waals surface area (Å²) in [6, 6.07) is 0. The van der Waals surface area contributed by atoms with Gasteiger partial charge in [-0.3, -0.25) is 0 Å². The molecule has 0 aliphatic rings. The van der Waals surface area contributed by atoms with Crippen molar-refractivity contribution in [3.63, 3.8) is 0 Å². The van der Waals surface area contributed by atoms with Crippen LogP contribution in [0, 0.1) is 0 Å².